The van der Waals surface area contributed by atoms with Gasteiger partial charge in [-0.25, -0.2) is 0 Å². The van der Waals surface area contributed by atoms with Crippen molar-refractivity contribution in [2.24, 2.45) is 0 Å². The molecule has 0 saturated heterocycles. The summed E-state index contributed by atoms with van der Waals surface area (Å²) < 4.78 is 0. The molecule has 0 unspecified atom stereocenters. The van der Waals surface area contributed by atoms with E-state index in [2.05, 4.69) is 38.9 Å². The van der Waals surface area contributed by atoms with E-state index in [1.807, 2.05) is 37.3 Å². The summed E-state index contributed by atoms with van der Waals surface area (Å²) >= 11 is 0. The highest BCUT2D eigenvalue weighted by Gasteiger charge is 2.21. The maximum atomic E-state index is 12.5. The summed E-state index contributed by atoms with van der Waals surface area (Å²) in [5, 5.41) is 15.6. The number of benzene rings is 2. The largest absolute Gasteiger partial charge is 0.348 e. The lowest BCUT2D eigenvalue weighted by Crippen LogP contribution is -2.34. The standard InChI is InChI=1S/C20H21N5O/c1-14-7-2-4-10-16(14)20-22-24-25(23-20)13-19(26)21-18-12-6-9-15-8-3-5-11-17(15)18/h2-5,7-8,10-11,18H,6,9,12-13H2,1H3,(H,21,26)/t18-/m0/s1. The Morgan fingerprint density at radius 1 is 1.19 bits per heavy atom. The van der Waals surface area contributed by atoms with Crippen LogP contribution in [-0.2, 0) is 17.8 Å². The predicted molar refractivity (Wildman–Crippen MR) is 98.3 cm³/mol. The van der Waals surface area contributed by atoms with Crippen LogP contribution in [0.4, 0.5) is 0 Å². The number of amides is 1. The summed E-state index contributed by atoms with van der Waals surface area (Å²) in [5.41, 5.74) is 4.56. The second-order valence-corrected chi connectivity index (χ2v) is 6.67. The first-order chi connectivity index (χ1) is 12.7. The molecule has 6 heteroatoms. The highest BCUT2D eigenvalue weighted by atomic mass is 16.2. The number of nitrogens with one attached hydrogen (secondary N) is 1. The van der Waals surface area contributed by atoms with Gasteiger partial charge in [0.1, 0.15) is 6.54 Å². The fourth-order valence-corrected chi connectivity index (χ4v) is 3.51. The average Bonchev–Trinajstić information content (AvgIpc) is 3.10. The zero-order valence-electron chi connectivity index (χ0n) is 14.7. The zero-order valence-corrected chi connectivity index (χ0v) is 14.7. The first-order valence-electron chi connectivity index (χ1n) is 8.91. The molecule has 4 rings (SSSR count). The molecule has 1 heterocycles. The lowest BCUT2D eigenvalue weighted by Gasteiger charge is -2.26. The van der Waals surface area contributed by atoms with Crippen LogP contribution in [0.1, 0.15) is 35.6 Å². The molecule has 0 spiro atoms. The molecule has 132 valence electrons. The van der Waals surface area contributed by atoms with Crippen molar-refractivity contribution in [3.8, 4) is 11.4 Å². The Morgan fingerprint density at radius 2 is 2.00 bits per heavy atom. The normalized spacial score (nSPS) is 16.1. The minimum Gasteiger partial charge on any atom is -0.348 e. The van der Waals surface area contributed by atoms with Crippen molar-refractivity contribution in [3.05, 3.63) is 65.2 Å². The number of aryl methyl sites for hydroxylation is 2. The monoisotopic (exact) mass is 347 g/mol. The van der Waals surface area contributed by atoms with Gasteiger partial charge >= 0.3 is 0 Å². The minimum absolute atomic E-state index is 0.0619. The summed E-state index contributed by atoms with van der Waals surface area (Å²) in [6.07, 6.45) is 3.12. The quantitative estimate of drug-likeness (QED) is 0.788. The number of fused-ring (bicyclic) bond motifs is 1. The number of carbonyl (C=O) groups is 1. The summed E-state index contributed by atoms with van der Waals surface area (Å²) in [6, 6.07) is 16.2. The maximum absolute atomic E-state index is 12.5. The van der Waals surface area contributed by atoms with Crippen molar-refractivity contribution in [2.75, 3.05) is 0 Å². The SMILES string of the molecule is Cc1ccccc1-c1nnn(CC(=O)N[C@H]2CCCc3ccccc32)n1. The second kappa shape index (κ2) is 7.07. The Morgan fingerprint density at radius 3 is 2.88 bits per heavy atom. The van der Waals surface area contributed by atoms with Gasteiger partial charge in [0.15, 0.2) is 0 Å². The van der Waals surface area contributed by atoms with Gasteiger partial charge in [0.05, 0.1) is 6.04 Å². The summed E-state index contributed by atoms with van der Waals surface area (Å²) in [6.45, 7) is 2.07. The summed E-state index contributed by atoms with van der Waals surface area (Å²) in [4.78, 5) is 13.8. The maximum Gasteiger partial charge on any atom is 0.244 e. The van der Waals surface area contributed by atoms with Gasteiger partial charge in [0.2, 0.25) is 11.7 Å². The fraction of sp³-hybridized carbons (Fsp3) is 0.300. The number of aromatic nitrogens is 4. The third-order valence-corrected chi connectivity index (χ3v) is 4.83. The smallest absolute Gasteiger partial charge is 0.244 e. The lowest BCUT2D eigenvalue weighted by molar-refractivity contribution is -0.122. The van der Waals surface area contributed by atoms with E-state index in [0.717, 1.165) is 30.4 Å². The Kier molecular flexibility index (Phi) is 4.48. The number of tetrazole rings is 1. The van der Waals surface area contributed by atoms with Crippen LogP contribution in [0.3, 0.4) is 0 Å². The van der Waals surface area contributed by atoms with Crippen LogP contribution in [-0.4, -0.2) is 26.1 Å². The van der Waals surface area contributed by atoms with Crippen LogP contribution in [0.15, 0.2) is 48.5 Å². The molecule has 1 atom stereocenters. The van der Waals surface area contributed by atoms with Crippen LogP contribution in [0.2, 0.25) is 0 Å². The van der Waals surface area contributed by atoms with E-state index in [-0.39, 0.29) is 18.5 Å². The Bertz CT molecular complexity index is 933. The number of hydrogen-bond donors (Lipinski definition) is 1. The molecule has 3 aromatic rings. The highest BCUT2D eigenvalue weighted by molar-refractivity contribution is 5.76. The van der Waals surface area contributed by atoms with Gasteiger partial charge in [-0.2, -0.15) is 4.80 Å². The Balaban J connectivity index is 1.44. The summed E-state index contributed by atoms with van der Waals surface area (Å²) in [7, 11) is 0. The van der Waals surface area contributed by atoms with Crippen LogP contribution in [0.5, 0.6) is 0 Å². The molecular weight excluding hydrogens is 326 g/mol. The molecule has 0 fully saturated rings. The molecule has 1 N–H and O–H groups in total. The van der Waals surface area contributed by atoms with E-state index in [1.54, 1.807) is 0 Å². The number of carbonyl (C=O) groups excluding carboxylic acids is 1. The molecule has 1 aromatic heterocycles. The molecule has 6 nitrogen and oxygen atoms in total. The van der Waals surface area contributed by atoms with E-state index in [0.29, 0.717) is 5.82 Å². The number of rotatable bonds is 4. The van der Waals surface area contributed by atoms with Crippen molar-refractivity contribution in [3.63, 3.8) is 0 Å². The van der Waals surface area contributed by atoms with Crippen molar-refractivity contribution < 1.29 is 4.79 Å². The van der Waals surface area contributed by atoms with Crippen LogP contribution in [0, 0.1) is 6.92 Å². The van der Waals surface area contributed by atoms with E-state index in [9.17, 15) is 4.79 Å². The van der Waals surface area contributed by atoms with Crippen LogP contribution >= 0.6 is 0 Å². The first-order valence-corrected chi connectivity index (χ1v) is 8.91. The second-order valence-electron chi connectivity index (χ2n) is 6.67. The van der Waals surface area contributed by atoms with Crippen molar-refractivity contribution >= 4 is 5.91 Å². The van der Waals surface area contributed by atoms with Gasteiger partial charge < -0.3 is 5.32 Å². The van der Waals surface area contributed by atoms with Crippen LogP contribution in [0.25, 0.3) is 11.4 Å². The molecule has 0 radical (unpaired) electrons. The first kappa shape index (κ1) is 16.4. The van der Waals surface area contributed by atoms with Crippen molar-refractivity contribution in [2.45, 2.75) is 38.8 Å². The minimum atomic E-state index is -0.0968. The molecule has 26 heavy (non-hydrogen) atoms. The number of hydrogen-bond acceptors (Lipinski definition) is 4. The highest BCUT2D eigenvalue weighted by Crippen LogP contribution is 2.29. The van der Waals surface area contributed by atoms with Gasteiger partial charge in [0.25, 0.3) is 0 Å². The van der Waals surface area contributed by atoms with E-state index >= 15 is 0 Å². The van der Waals surface area contributed by atoms with Gasteiger partial charge in [0, 0.05) is 5.56 Å². The Labute approximate surface area is 152 Å². The molecule has 1 amide bonds. The number of nitrogens with zero attached hydrogens (tertiary/aromatic N) is 4. The molecule has 1 aliphatic carbocycles. The third kappa shape index (κ3) is 3.35. The molecule has 1 aliphatic rings. The van der Waals surface area contributed by atoms with E-state index < -0.39 is 0 Å². The van der Waals surface area contributed by atoms with Crippen LogP contribution < -0.4 is 5.32 Å². The van der Waals surface area contributed by atoms with E-state index in [1.165, 1.54) is 15.9 Å². The molecule has 0 aliphatic heterocycles. The third-order valence-electron chi connectivity index (χ3n) is 4.83. The van der Waals surface area contributed by atoms with Gasteiger partial charge in [-0.05, 0) is 48.1 Å². The summed E-state index contributed by atoms with van der Waals surface area (Å²) in [5.74, 6) is 0.444. The van der Waals surface area contributed by atoms with Crippen molar-refractivity contribution in [1.82, 2.24) is 25.5 Å². The molecular formula is C20H21N5O. The lowest BCUT2D eigenvalue weighted by atomic mass is 9.88. The van der Waals surface area contributed by atoms with E-state index in [4.69, 9.17) is 0 Å². The predicted octanol–water partition coefficient (Wildman–Crippen LogP) is 2.84. The van der Waals surface area contributed by atoms with Gasteiger partial charge in [-0.3, -0.25) is 4.79 Å². The average molecular weight is 347 g/mol. The van der Waals surface area contributed by atoms with Gasteiger partial charge in [-0.1, -0.05) is 48.5 Å². The topological polar surface area (TPSA) is 72.7 Å². The van der Waals surface area contributed by atoms with Gasteiger partial charge in [-0.15, -0.1) is 10.2 Å². The molecule has 0 saturated carbocycles. The zero-order chi connectivity index (χ0) is 17.9. The Hall–Kier alpha value is -3.02. The van der Waals surface area contributed by atoms with Crippen molar-refractivity contribution in [1.29, 1.82) is 0 Å². The molecule has 0 bridgehead atoms. The molecule has 2 aromatic carbocycles. The fourth-order valence-electron chi connectivity index (χ4n) is 3.51.